The van der Waals surface area contributed by atoms with Crippen LogP contribution in [0.2, 0.25) is 0 Å². The van der Waals surface area contributed by atoms with Crippen LogP contribution >= 0.6 is 0 Å². The second kappa shape index (κ2) is 47.5. The zero-order chi connectivity index (χ0) is 49.6. The first kappa shape index (κ1) is 64.2. The summed E-state index contributed by atoms with van der Waals surface area (Å²) in [5, 5.41) is 54.1. The molecular formula is C57H107NO10. The molecule has 1 aliphatic heterocycles. The van der Waals surface area contributed by atoms with Crippen molar-refractivity contribution in [2.75, 3.05) is 19.8 Å². The van der Waals surface area contributed by atoms with E-state index in [1.165, 1.54) is 161 Å². The van der Waals surface area contributed by atoms with Crippen LogP contribution in [0, 0.1) is 0 Å². The largest absolute Gasteiger partial charge is 0.466 e. The number of allylic oxidation sites excluding steroid dienone is 3. The highest BCUT2D eigenvalue weighted by atomic mass is 16.7. The molecule has 1 saturated heterocycles. The maximum atomic E-state index is 13.0. The first-order valence-electron chi connectivity index (χ1n) is 28.6. The highest BCUT2D eigenvalue weighted by molar-refractivity contribution is 5.76. The van der Waals surface area contributed by atoms with E-state index in [0.717, 1.165) is 70.6 Å². The summed E-state index contributed by atoms with van der Waals surface area (Å²) in [5.74, 6) is -0.244. The zero-order valence-corrected chi connectivity index (χ0v) is 43.8. The fourth-order valence-electron chi connectivity index (χ4n) is 8.96. The Kier molecular flexibility index (Phi) is 44.8. The number of unbranched alkanes of at least 4 members (excludes halogenated alkanes) is 33. The Morgan fingerprint density at radius 2 is 0.941 bits per heavy atom. The summed E-state index contributed by atoms with van der Waals surface area (Å²) < 4.78 is 16.7. The van der Waals surface area contributed by atoms with Gasteiger partial charge in [0.2, 0.25) is 5.91 Å². The molecule has 0 radical (unpaired) electrons. The van der Waals surface area contributed by atoms with E-state index in [1.54, 1.807) is 6.08 Å². The number of ether oxygens (including phenoxy) is 3. The van der Waals surface area contributed by atoms with Crippen molar-refractivity contribution in [1.29, 1.82) is 0 Å². The average molecular weight is 966 g/mol. The maximum Gasteiger partial charge on any atom is 0.305 e. The minimum atomic E-state index is -1.58. The van der Waals surface area contributed by atoms with E-state index in [-0.39, 0.29) is 18.5 Å². The van der Waals surface area contributed by atoms with Crippen LogP contribution in [-0.4, -0.2) is 100 Å². The van der Waals surface area contributed by atoms with E-state index in [4.69, 9.17) is 14.2 Å². The molecule has 7 atom stereocenters. The number of hydrogen-bond donors (Lipinski definition) is 6. The molecule has 68 heavy (non-hydrogen) atoms. The van der Waals surface area contributed by atoms with E-state index >= 15 is 0 Å². The average Bonchev–Trinajstić information content (AvgIpc) is 3.33. The summed E-state index contributed by atoms with van der Waals surface area (Å²) in [6.45, 7) is 4.26. The fraction of sp³-hybridized carbons (Fsp3) is 0.895. The number of amides is 1. The highest BCUT2D eigenvalue weighted by Gasteiger charge is 2.44. The van der Waals surface area contributed by atoms with Gasteiger partial charge in [-0.3, -0.25) is 9.59 Å². The highest BCUT2D eigenvalue weighted by Crippen LogP contribution is 2.23. The Labute approximate surface area is 416 Å². The second-order valence-corrected chi connectivity index (χ2v) is 20.0. The second-order valence-electron chi connectivity index (χ2n) is 20.0. The molecule has 6 N–H and O–H groups in total. The van der Waals surface area contributed by atoms with Crippen LogP contribution in [0.1, 0.15) is 264 Å². The lowest BCUT2D eigenvalue weighted by molar-refractivity contribution is -0.302. The molecule has 400 valence electrons. The van der Waals surface area contributed by atoms with Crippen molar-refractivity contribution in [2.45, 2.75) is 307 Å². The van der Waals surface area contributed by atoms with Gasteiger partial charge in [0.05, 0.1) is 32.0 Å². The number of carbonyl (C=O) groups excluding carboxylic acids is 2. The molecule has 0 bridgehead atoms. The minimum Gasteiger partial charge on any atom is -0.466 e. The first-order chi connectivity index (χ1) is 33.2. The van der Waals surface area contributed by atoms with Crippen LogP contribution in [0.5, 0.6) is 0 Å². The van der Waals surface area contributed by atoms with Crippen molar-refractivity contribution in [3.05, 3.63) is 24.3 Å². The molecule has 0 aliphatic carbocycles. The molecule has 7 unspecified atom stereocenters. The number of rotatable bonds is 49. The summed E-state index contributed by atoms with van der Waals surface area (Å²) in [5.41, 5.74) is 0. The standard InChI is InChI=1S/C57H107NO10/c1-3-5-7-9-11-13-14-15-16-17-18-19-22-25-29-33-37-41-45-53(62)66-46-42-38-34-30-26-23-20-21-24-28-32-36-40-44-52(61)58-49(50(60)43-39-35-31-27-12-10-8-6-4-2)48-67-57-56(65)55(64)54(63)51(47-59)68-57/h21,24,39,43,49-51,54-57,59-60,63-65H,3-20,22-23,25-38,40-42,44-48H2,1-2H3,(H,58,61)/b24-21-,43-39+. The topological polar surface area (TPSA) is 175 Å². The number of aliphatic hydroxyl groups is 5. The van der Waals surface area contributed by atoms with Gasteiger partial charge in [0, 0.05) is 12.8 Å². The number of esters is 1. The van der Waals surface area contributed by atoms with Gasteiger partial charge >= 0.3 is 5.97 Å². The molecule has 1 amide bonds. The van der Waals surface area contributed by atoms with Gasteiger partial charge in [-0.25, -0.2) is 0 Å². The van der Waals surface area contributed by atoms with Crippen LogP contribution in [0.3, 0.4) is 0 Å². The molecule has 1 rings (SSSR count). The summed E-state index contributed by atoms with van der Waals surface area (Å²) in [6, 6.07) is -0.828. The van der Waals surface area contributed by atoms with Gasteiger partial charge < -0.3 is 45.1 Å². The third kappa shape index (κ3) is 37.0. The monoisotopic (exact) mass is 966 g/mol. The van der Waals surface area contributed by atoms with Gasteiger partial charge in [0.1, 0.15) is 24.4 Å². The fourth-order valence-corrected chi connectivity index (χ4v) is 8.96. The summed E-state index contributed by atoms with van der Waals surface area (Å²) >= 11 is 0. The van der Waals surface area contributed by atoms with E-state index in [1.807, 2.05) is 6.08 Å². The van der Waals surface area contributed by atoms with Gasteiger partial charge in [-0.05, 0) is 57.8 Å². The van der Waals surface area contributed by atoms with E-state index in [2.05, 4.69) is 31.3 Å². The molecule has 1 aliphatic rings. The summed E-state index contributed by atoms with van der Waals surface area (Å²) in [7, 11) is 0. The van der Waals surface area contributed by atoms with Gasteiger partial charge in [-0.2, -0.15) is 0 Å². The van der Waals surface area contributed by atoms with E-state index in [9.17, 15) is 35.1 Å². The van der Waals surface area contributed by atoms with Crippen LogP contribution in [0.25, 0.3) is 0 Å². The van der Waals surface area contributed by atoms with Crippen molar-refractivity contribution in [1.82, 2.24) is 5.32 Å². The van der Waals surface area contributed by atoms with Gasteiger partial charge in [0.15, 0.2) is 6.29 Å². The Bertz CT molecular complexity index is 1180. The molecule has 0 aromatic carbocycles. The quantitative estimate of drug-likeness (QED) is 0.0196. The molecule has 11 nitrogen and oxygen atoms in total. The number of carbonyl (C=O) groups is 2. The molecule has 1 fully saturated rings. The number of aliphatic hydroxyl groups excluding tert-OH is 5. The van der Waals surface area contributed by atoms with Gasteiger partial charge in [-0.1, -0.05) is 218 Å². The first-order valence-corrected chi connectivity index (χ1v) is 28.6. The lowest BCUT2D eigenvalue weighted by Gasteiger charge is -2.40. The predicted molar refractivity (Wildman–Crippen MR) is 278 cm³/mol. The zero-order valence-electron chi connectivity index (χ0n) is 43.8. The molecule has 1 heterocycles. The SMILES string of the molecule is CCCCCCCCC/C=C/C(O)C(COC1OC(CO)C(O)C(O)C1O)NC(=O)CCCCC/C=C\CCCCCCCCOC(=O)CCCCCCCCCCCCCCCCCCCC. The Morgan fingerprint density at radius 1 is 0.529 bits per heavy atom. The van der Waals surface area contributed by atoms with Crippen molar-refractivity contribution in [3.63, 3.8) is 0 Å². The Morgan fingerprint density at radius 3 is 1.43 bits per heavy atom. The van der Waals surface area contributed by atoms with Crippen LogP contribution < -0.4 is 5.32 Å². The van der Waals surface area contributed by atoms with Crippen molar-refractivity contribution >= 4 is 11.9 Å². The van der Waals surface area contributed by atoms with Crippen LogP contribution in [-0.2, 0) is 23.8 Å². The molecule has 0 aromatic rings. The van der Waals surface area contributed by atoms with Gasteiger partial charge in [-0.15, -0.1) is 0 Å². The van der Waals surface area contributed by atoms with Crippen molar-refractivity contribution < 1.29 is 49.3 Å². The minimum absolute atomic E-state index is 0.0308. The molecular weight excluding hydrogens is 859 g/mol. The molecule has 0 aromatic heterocycles. The molecule has 0 spiro atoms. The molecule has 11 heteroatoms. The van der Waals surface area contributed by atoms with E-state index < -0.39 is 49.5 Å². The smallest absolute Gasteiger partial charge is 0.305 e. The lowest BCUT2D eigenvalue weighted by atomic mass is 9.99. The normalized spacial score (nSPS) is 19.5. The maximum absolute atomic E-state index is 13.0. The lowest BCUT2D eigenvalue weighted by Crippen LogP contribution is -2.60. The third-order valence-electron chi connectivity index (χ3n) is 13.6. The van der Waals surface area contributed by atoms with Gasteiger partial charge in [0.25, 0.3) is 0 Å². The summed E-state index contributed by atoms with van der Waals surface area (Å²) in [6.07, 6.45) is 45.6. The van der Waals surface area contributed by atoms with Crippen molar-refractivity contribution in [3.8, 4) is 0 Å². The summed E-state index contributed by atoms with van der Waals surface area (Å²) in [4.78, 5) is 25.1. The van der Waals surface area contributed by atoms with Crippen molar-refractivity contribution in [2.24, 2.45) is 0 Å². The van der Waals surface area contributed by atoms with Crippen LogP contribution in [0.15, 0.2) is 24.3 Å². The van der Waals surface area contributed by atoms with E-state index in [0.29, 0.717) is 25.9 Å². The number of hydrogen-bond acceptors (Lipinski definition) is 10. The number of nitrogens with one attached hydrogen (secondary N) is 1. The Balaban J connectivity index is 2.07. The predicted octanol–water partition coefficient (Wildman–Crippen LogP) is 12.6. The Hall–Kier alpha value is -1.86. The van der Waals surface area contributed by atoms with Crippen LogP contribution in [0.4, 0.5) is 0 Å². The molecule has 0 saturated carbocycles. The third-order valence-corrected chi connectivity index (χ3v) is 13.6.